The zero-order valence-electron chi connectivity index (χ0n) is 12.2. The lowest BCUT2D eigenvalue weighted by molar-refractivity contribution is 0.0668. The van der Waals surface area contributed by atoms with Crippen molar-refractivity contribution in [2.75, 3.05) is 13.6 Å². The molecule has 0 unspecified atom stereocenters. The molecule has 0 aliphatic heterocycles. The van der Waals surface area contributed by atoms with Crippen molar-refractivity contribution in [3.05, 3.63) is 18.2 Å². The molecule has 0 amide bonds. The molecule has 1 rings (SSSR count). The Hall–Kier alpha value is -1.66. The van der Waals surface area contributed by atoms with Gasteiger partial charge in [-0.2, -0.15) is 8.78 Å². The van der Waals surface area contributed by atoms with E-state index in [1.807, 2.05) is 0 Å². The van der Waals surface area contributed by atoms with Crippen molar-refractivity contribution in [1.82, 2.24) is 20.2 Å². The van der Waals surface area contributed by atoms with Gasteiger partial charge in [0, 0.05) is 26.0 Å². The van der Waals surface area contributed by atoms with Gasteiger partial charge in [-0.3, -0.25) is 9.56 Å². The predicted molar refractivity (Wildman–Crippen MR) is 75.8 cm³/mol. The molecule has 20 heavy (non-hydrogen) atoms. The van der Waals surface area contributed by atoms with Gasteiger partial charge in [-0.05, 0) is 5.92 Å². The Kier molecular flexibility index (Phi) is 6.97. The van der Waals surface area contributed by atoms with Crippen molar-refractivity contribution in [2.45, 2.75) is 39.8 Å². The number of aliphatic imine (C=N–C) groups is 1. The van der Waals surface area contributed by atoms with Gasteiger partial charge in [0.2, 0.25) is 0 Å². The van der Waals surface area contributed by atoms with Gasteiger partial charge in [-0.25, -0.2) is 4.98 Å². The topological polar surface area (TPSA) is 54.2 Å². The molecule has 0 radical (unpaired) electrons. The molecule has 7 heteroatoms. The molecule has 5 nitrogen and oxygen atoms in total. The minimum atomic E-state index is -2.58. The maximum Gasteiger partial charge on any atom is 0.319 e. The summed E-state index contributed by atoms with van der Waals surface area (Å²) in [6.07, 6.45) is 4.82. The third kappa shape index (κ3) is 4.79. The van der Waals surface area contributed by atoms with Crippen LogP contribution >= 0.6 is 0 Å². The highest BCUT2D eigenvalue weighted by Crippen LogP contribution is 2.11. The summed E-state index contributed by atoms with van der Waals surface area (Å²) in [7, 11) is 1.65. The van der Waals surface area contributed by atoms with E-state index in [-0.39, 0.29) is 12.4 Å². The molecule has 2 N–H and O–H groups in total. The van der Waals surface area contributed by atoms with Crippen LogP contribution in [0.1, 0.15) is 39.1 Å². The van der Waals surface area contributed by atoms with Crippen LogP contribution in [0.15, 0.2) is 17.4 Å². The minimum Gasteiger partial charge on any atom is -0.356 e. The second kappa shape index (κ2) is 8.50. The molecule has 114 valence electrons. The van der Waals surface area contributed by atoms with Crippen LogP contribution in [-0.2, 0) is 6.54 Å². The van der Waals surface area contributed by atoms with Crippen molar-refractivity contribution in [3.8, 4) is 0 Å². The lowest BCUT2D eigenvalue weighted by Gasteiger charge is -2.16. The third-order valence-corrected chi connectivity index (χ3v) is 3.31. The van der Waals surface area contributed by atoms with E-state index in [2.05, 4.69) is 34.5 Å². The zero-order valence-corrected chi connectivity index (χ0v) is 12.2. The van der Waals surface area contributed by atoms with Crippen molar-refractivity contribution in [1.29, 1.82) is 0 Å². The van der Waals surface area contributed by atoms with E-state index in [4.69, 9.17) is 0 Å². The Morgan fingerprint density at radius 3 is 2.60 bits per heavy atom. The van der Waals surface area contributed by atoms with E-state index in [1.165, 1.54) is 12.4 Å². The number of rotatable bonds is 7. The summed E-state index contributed by atoms with van der Waals surface area (Å²) in [5.41, 5.74) is 0. The first-order valence-electron chi connectivity index (χ1n) is 6.86. The normalized spacial score (nSPS) is 12.2. The second-order valence-corrected chi connectivity index (χ2v) is 4.52. The fourth-order valence-electron chi connectivity index (χ4n) is 1.86. The minimum absolute atomic E-state index is 0.208. The van der Waals surface area contributed by atoms with Crippen molar-refractivity contribution in [3.63, 3.8) is 0 Å². The van der Waals surface area contributed by atoms with Crippen LogP contribution in [-0.4, -0.2) is 29.1 Å². The molecule has 1 aromatic heterocycles. The van der Waals surface area contributed by atoms with Gasteiger partial charge in [0.05, 0.1) is 6.54 Å². The summed E-state index contributed by atoms with van der Waals surface area (Å²) in [4.78, 5) is 7.98. The first-order valence-corrected chi connectivity index (χ1v) is 6.86. The summed E-state index contributed by atoms with van der Waals surface area (Å²) >= 11 is 0. The van der Waals surface area contributed by atoms with Crippen molar-refractivity contribution < 1.29 is 8.78 Å². The monoisotopic (exact) mass is 287 g/mol. The Morgan fingerprint density at radius 1 is 1.35 bits per heavy atom. The standard InChI is InChI=1S/C13H23F2N5/c1-4-10(5-2)8-18-13(16-3)19-9-11-17-6-7-20(11)12(14)15/h6-7,10,12H,4-5,8-9H2,1-3H3,(H2,16,18,19). The molecule has 0 atom stereocenters. The fourth-order valence-corrected chi connectivity index (χ4v) is 1.86. The van der Waals surface area contributed by atoms with E-state index in [0.717, 1.165) is 24.0 Å². The van der Waals surface area contributed by atoms with Crippen LogP contribution in [0, 0.1) is 5.92 Å². The number of aromatic nitrogens is 2. The first kappa shape index (κ1) is 16.4. The fraction of sp³-hybridized carbons (Fsp3) is 0.692. The number of halogens is 2. The molecule has 0 spiro atoms. The smallest absolute Gasteiger partial charge is 0.319 e. The van der Waals surface area contributed by atoms with Crippen LogP contribution < -0.4 is 10.6 Å². The molecule has 0 aliphatic rings. The van der Waals surface area contributed by atoms with Crippen LogP contribution in [0.2, 0.25) is 0 Å². The summed E-state index contributed by atoms with van der Waals surface area (Å²) in [6, 6.07) is 0. The quantitative estimate of drug-likeness (QED) is 0.598. The zero-order chi connectivity index (χ0) is 15.0. The van der Waals surface area contributed by atoms with Gasteiger partial charge in [-0.15, -0.1) is 0 Å². The Balaban J connectivity index is 2.47. The average Bonchev–Trinajstić information content (AvgIpc) is 2.91. The maximum absolute atomic E-state index is 12.7. The summed E-state index contributed by atoms with van der Waals surface area (Å²) in [5, 5.41) is 6.19. The highest BCUT2D eigenvalue weighted by molar-refractivity contribution is 5.79. The second-order valence-electron chi connectivity index (χ2n) is 4.52. The number of nitrogens with zero attached hydrogens (tertiary/aromatic N) is 3. The molecule has 0 saturated heterocycles. The van der Waals surface area contributed by atoms with Crippen LogP contribution in [0.25, 0.3) is 0 Å². The van der Waals surface area contributed by atoms with Gasteiger partial charge in [0.1, 0.15) is 5.82 Å². The van der Waals surface area contributed by atoms with Gasteiger partial charge < -0.3 is 10.6 Å². The highest BCUT2D eigenvalue weighted by Gasteiger charge is 2.11. The van der Waals surface area contributed by atoms with Crippen molar-refractivity contribution in [2.24, 2.45) is 10.9 Å². The number of alkyl halides is 2. The molecule has 1 aromatic rings. The lowest BCUT2D eigenvalue weighted by atomic mass is 10.0. The van der Waals surface area contributed by atoms with Gasteiger partial charge >= 0.3 is 6.55 Å². The molecule has 0 aliphatic carbocycles. The number of imidazole rings is 1. The number of nitrogens with one attached hydrogen (secondary N) is 2. The van der Waals surface area contributed by atoms with Crippen molar-refractivity contribution >= 4 is 5.96 Å². The Labute approximate surface area is 118 Å². The molecular weight excluding hydrogens is 264 g/mol. The van der Waals surface area contributed by atoms with Crippen LogP contribution in [0.3, 0.4) is 0 Å². The SMILES string of the molecule is CCC(CC)CNC(=NC)NCc1nccn1C(F)F. The number of guanidine groups is 1. The molecule has 0 fully saturated rings. The number of hydrogen-bond donors (Lipinski definition) is 2. The highest BCUT2D eigenvalue weighted by atomic mass is 19.3. The van der Waals surface area contributed by atoms with E-state index < -0.39 is 6.55 Å². The largest absolute Gasteiger partial charge is 0.356 e. The summed E-state index contributed by atoms with van der Waals surface area (Å²) in [6.45, 7) is 2.74. The molecule has 1 heterocycles. The number of hydrogen-bond acceptors (Lipinski definition) is 2. The maximum atomic E-state index is 12.7. The van der Waals surface area contributed by atoms with Gasteiger partial charge in [-0.1, -0.05) is 26.7 Å². The molecule has 0 bridgehead atoms. The average molecular weight is 287 g/mol. The molecule has 0 aromatic carbocycles. The first-order chi connectivity index (χ1) is 9.62. The van der Waals surface area contributed by atoms with Crippen LogP contribution in [0.4, 0.5) is 8.78 Å². The summed E-state index contributed by atoms with van der Waals surface area (Å²) < 4.78 is 26.2. The van der Waals surface area contributed by atoms with E-state index in [1.54, 1.807) is 7.05 Å². The van der Waals surface area contributed by atoms with E-state index >= 15 is 0 Å². The van der Waals surface area contributed by atoms with E-state index in [9.17, 15) is 8.78 Å². The molecule has 0 saturated carbocycles. The predicted octanol–water partition coefficient (Wildman–Crippen LogP) is 2.38. The lowest BCUT2D eigenvalue weighted by Crippen LogP contribution is -2.39. The van der Waals surface area contributed by atoms with Crippen LogP contribution in [0.5, 0.6) is 0 Å². The third-order valence-electron chi connectivity index (χ3n) is 3.31. The van der Waals surface area contributed by atoms with Gasteiger partial charge in [0.15, 0.2) is 5.96 Å². The van der Waals surface area contributed by atoms with Gasteiger partial charge in [0.25, 0.3) is 0 Å². The van der Waals surface area contributed by atoms with E-state index in [0.29, 0.717) is 11.9 Å². The summed E-state index contributed by atoms with van der Waals surface area (Å²) in [5.74, 6) is 1.46. The molecular formula is C13H23F2N5. The Bertz CT molecular complexity index is 413. The Morgan fingerprint density at radius 2 is 2.05 bits per heavy atom.